The molecule has 0 radical (unpaired) electrons. The predicted molar refractivity (Wildman–Crippen MR) is 92.0 cm³/mol. The second-order valence-corrected chi connectivity index (χ2v) is 7.22. The number of hydrogen-bond acceptors (Lipinski definition) is 7. The van der Waals surface area contributed by atoms with Crippen molar-refractivity contribution in [3.05, 3.63) is 11.7 Å². The summed E-state index contributed by atoms with van der Waals surface area (Å²) in [5, 5.41) is 3.88. The van der Waals surface area contributed by atoms with Gasteiger partial charge in [-0.15, -0.1) is 0 Å². The molecule has 140 valence electrons. The third kappa shape index (κ3) is 4.19. The highest BCUT2D eigenvalue weighted by Crippen LogP contribution is 2.32. The van der Waals surface area contributed by atoms with Gasteiger partial charge in [0.05, 0.1) is 13.2 Å². The molecule has 25 heavy (non-hydrogen) atoms. The molecule has 0 saturated carbocycles. The molecule has 3 heterocycles. The van der Waals surface area contributed by atoms with Crippen LogP contribution in [0.1, 0.15) is 31.0 Å². The van der Waals surface area contributed by atoms with E-state index < -0.39 is 0 Å². The van der Waals surface area contributed by atoms with Gasteiger partial charge in [-0.3, -0.25) is 14.6 Å². The van der Waals surface area contributed by atoms with Crippen molar-refractivity contribution in [2.24, 2.45) is 0 Å². The summed E-state index contributed by atoms with van der Waals surface area (Å²) in [6.07, 6.45) is 2.48. The quantitative estimate of drug-likeness (QED) is 0.766. The second kappa shape index (κ2) is 7.80. The van der Waals surface area contributed by atoms with Crippen LogP contribution in [0.4, 0.5) is 0 Å². The Morgan fingerprint density at radius 1 is 1.28 bits per heavy atom. The first-order chi connectivity index (χ1) is 12.0. The molecule has 1 aromatic rings. The van der Waals surface area contributed by atoms with Crippen LogP contribution in [0.5, 0.6) is 0 Å². The van der Waals surface area contributed by atoms with Crippen molar-refractivity contribution in [1.29, 1.82) is 0 Å². The minimum Gasteiger partial charge on any atom is -0.383 e. The van der Waals surface area contributed by atoms with Crippen LogP contribution < -0.4 is 0 Å². The van der Waals surface area contributed by atoms with Crippen molar-refractivity contribution >= 4 is 5.91 Å². The Kier molecular flexibility index (Phi) is 5.71. The third-order valence-corrected chi connectivity index (χ3v) is 5.58. The SMILES string of the molecule is COCCN1CCC2(CCC1=O)CN(Cc1nc(C)no1)CCN2C. The number of carbonyl (C=O) groups excluding carboxylic acids is 1. The fraction of sp³-hybridized carbons (Fsp3) is 0.824. The summed E-state index contributed by atoms with van der Waals surface area (Å²) in [6, 6.07) is 0. The molecule has 2 fully saturated rings. The van der Waals surface area contributed by atoms with Gasteiger partial charge in [-0.05, 0) is 26.8 Å². The standard InChI is InChI=1S/C17H29N5O3/c1-14-18-15(25-19-14)12-21-9-8-20(2)17(13-21)5-4-16(23)22(7-6-17)10-11-24-3/h4-13H2,1-3H3. The maximum Gasteiger partial charge on any atom is 0.240 e. The molecule has 8 nitrogen and oxygen atoms in total. The van der Waals surface area contributed by atoms with Gasteiger partial charge < -0.3 is 14.2 Å². The second-order valence-electron chi connectivity index (χ2n) is 7.22. The largest absolute Gasteiger partial charge is 0.383 e. The zero-order chi connectivity index (χ0) is 17.9. The number of likely N-dealkylation sites (tertiary alicyclic amines) is 1. The molecule has 0 bridgehead atoms. The highest BCUT2D eigenvalue weighted by atomic mass is 16.5. The van der Waals surface area contributed by atoms with Crippen molar-refractivity contribution < 1.29 is 14.1 Å². The van der Waals surface area contributed by atoms with E-state index in [0.29, 0.717) is 37.8 Å². The Morgan fingerprint density at radius 2 is 2.12 bits per heavy atom. The number of aromatic nitrogens is 2. The summed E-state index contributed by atoms with van der Waals surface area (Å²) in [6.45, 7) is 7.47. The van der Waals surface area contributed by atoms with Crippen molar-refractivity contribution in [3.63, 3.8) is 0 Å². The zero-order valence-corrected chi connectivity index (χ0v) is 15.5. The fourth-order valence-electron chi connectivity index (χ4n) is 3.94. The minimum atomic E-state index is 0.0325. The molecule has 0 N–H and O–H groups in total. The van der Waals surface area contributed by atoms with Crippen LogP contribution in [0.25, 0.3) is 0 Å². The summed E-state index contributed by atoms with van der Waals surface area (Å²) >= 11 is 0. The van der Waals surface area contributed by atoms with E-state index in [4.69, 9.17) is 9.26 Å². The Bertz CT molecular complexity index is 593. The highest BCUT2D eigenvalue weighted by Gasteiger charge is 2.42. The smallest absolute Gasteiger partial charge is 0.240 e. The molecule has 0 aliphatic carbocycles. The molecule has 2 aliphatic heterocycles. The van der Waals surface area contributed by atoms with Gasteiger partial charge in [0.15, 0.2) is 5.82 Å². The number of rotatable bonds is 5. The number of piperazine rings is 1. The minimum absolute atomic E-state index is 0.0325. The van der Waals surface area contributed by atoms with E-state index >= 15 is 0 Å². The Labute approximate surface area is 149 Å². The monoisotopic (exact) mass is 351 g/mol. The average Bonchev–Trinajstić information content (AvgIpc) is 2.93. The summed E-state index contributed by atoms with van der Waals surface area (Å²) in [5.41, 5.74) is 0.0325. The topological polar surface area (TPSA) is 74.9 Å². The molecule has 1 unspecified atom stereocenters. The van der Waals surface area contributed by atoms with Crippen molar-refractivity contribution in [1.82, 2.24) is 24.8 Å². The zero-order valence-electron chi connectivity index (χ0n) is 15.5. The first-order valence-electron chi connectivity index (χ1n) is 9.02. The lowest BCUT2D eigenvalue weighted by atomic mass is 9.86. The van der Waals surface area contributed by atoms with Gasteiger partial charge in [-0.2, -0.15) is 4.98 Å². The van der Waals surface area contributed by atoms with Crippen molar-refractivity contribution in [3.8, 4) is 0 Å². The Balaban J connectivity index is 1.66. The molecule has 8 heteroatoms. The molecule has 0 aromatic carbocycles. The van der Waals surface area contributed by atoms with Crippen LogP contribution in [-0.4, -0.2) is 89.8 Å². The first kappa shape index (κ1) is 18.3. The highest BCUT2D eigenvalue weighted by molar-refractivity contribution is 5.76. The maximum absolute atomic E-state index is 12.4. The fourth-order valence-corrected chi connectivity index (χ4v) is 3.94. The van der Waals surface area contributed by atoms with Gasteiger partial charge in [-0.1, -0.05) is 5.16 Å². The first-order valence-corrected chi connectivity index (χ1v) is 9.02. The van der Waals surface area contributed by atoms with Crippen LogP contribution in [0.15, 0.2) is 4.52 Å². The molecule has 1 spiro atoms. The third-order valence-electron chi connectivity index (χ3n) is 5.58. The molecular formula is C17H29N5O3. The average molecular weight is 351 g/mol. The van der Waals surface area contributed by atoms with Gasteiger partial charge in [0.1, 0.15) is 0 Å². The number of likely N-dealkylation sites (N-methyl/N-ethyl adjacent to an activating group) is 1. The van der Waals surface area contributed by atoms with Gasteiger partial charge in [-0.25, -0.2) is 0 Å². The van der Waals surface area contributed by atoms with Gasteiger partial charge in [0.2, 0.25) is 11.8 Å². The number of nitrogens with zero attached hydrogens (tertiary/aromatic N) is 5. The lowest BCUT2D eigenvalue weighted by Gasteiger charge is -2.49. The molecule has 3 rings (SSSR count). The Morgan fingerprint density at radius 3 is 2.84 bits per heavy atom. The van der Waals surface area contributed by atoms with Gasteiger partial charge in [0.25, 0.3) is 0 Å². The maximum atomic E-state index is 12.4. The van der Waals surface area contributed by atoms with Crippen LogP contribution in [-0.2, 0) is 16.1 Å². The number of aryl methyl sites for hydroxylation is 1. The Hall–Kier alpha value is -1.51. The number of hydrogen-bond donors (Lipinski definition) is 0. The summed E-state index contributed by atoms with van der Waals surface area (Å²) < 4.78 is 10.4. The van der Waals surface area contributed by atoms with E-state index in [1.165, 1.54) is 0 Å². The van der Waals surface area contributed by atoms with E-state index in [1.807, 2.05) is 11.8 Å². The molecule has 1 amide bonds. The van der Waals surface area contributed by atoms with Crippen molar-refractivity contribution in [2.45, 2.75) is 38.3 Å². The van der Waals surface area contributed by atoms with Gasteiger partial charge in [0, 0.05) is 51.8 Å². The van der Waals surface area contributed by atoms with Crippen LogP contribution >= 0.6 is 0 Å². The number of carbonyl (C=O) groups is 1. The summed E-state index contributed by atoms with van der Waals surface area (Å²) in [7, 11) is 3.86. The number of amides is 1. The summed E-state index contributed by atoms with van der Waals surface area (Å²) in [5.74, 6) is 1.59. The predicted octanol–water partition coefficient (Wildman–Crippen LogP) is 0.523. The molecular weight excluding hydrogens is 322 g/mol. The van der Waals surface area contributed by atoms with Crippen LogP contribution in [0, 0.1) is 6.92 Å². The van der Waals surface area contributed by atoms with Crippen LogP contribution in [0.3, 0.4) is 0 Å². The number of methoxy groups -OCH3 is 1. The lowest BCUT2D eigenvalue weighted by molar-refractivity contribution is -0.131. The number of ether oxygens (including phenoxy) is 1. The van der Waals surface area contributed by atoms with Crippen molar-refractivity contribution in [2.75, 3.05) is 53.5 Å². The van der Waals surface area contributed by atoms with E-state index in [2.05, 4.69) is 27.0 Å². The summed E-state index contributed by atoms with van der Waals surface area (Å²) in [4.78, 5) is 23.5. The normalized spacial score (nSPS) is 26.4. The van der Waals surface area contributed by atoms with E-state index in [9.17, 15) is 4.79 Å². The van der Waals surface area contributed by atoms with E-state index in [0.717, 1.165) is 39.0 Å². The van der Waals surface area contributed by atoms with E-state index in [-0.39, 0.29) is 11.4 Å². The molecule has 1 atom stereocenters. The molecule has 2 saturated heterocycles. The lowest BCUT2D eigenvalue weighted by Crippen LogP contribution is -2.60. The van der Waals surface area contributed by atoms with E-state index in [1.54, 1.807) is 7.11 Å². The van der Waals surface area contributed by atoms with Gasteiger partial charge >= 0.3 is 0 Å². The molecule has 1 aromatic heterocycles. The van der Waals surface area contributed by atoms with Crippen LogP contribution in [0.2, 0.25) is 0 Å². The molecule has 2 aliphatic rings.